The van der Waals surface area contributed by atoms with Gasteiger partial charge in [0.1, 0.15) is 0 Å². The van der Waals surface area contributed by atoms with Crippen LogP contribution in [0.2, 0.25) is 0 Å². The van der Waals surface area contributed by atoms with E-state index in [1.807, 2.05) is 58.5 Å². The summed E-state index contributed by atoms with van der Waals surface area (Å²) >= 11 is 3.57. The van der Waals surface area contributed by atoms with Gasteiger partial charge in [-0.05, 0) is 60.4 Å². The van der Waals surface area contributed by atoms with E-state index in [0.29, 0.717) is 0 Å². The number of anilines is 2. The molecule has 2 aromatic carbocycles. The molecule has 3 nitrogen and oxygen atoms in total. The summed E-state index contributed by atoms with van der Waals surface area (Å²) in [7, 11) is 2.00. The number of para-hydroxylation sites is 1. The zero-order valence-corrected chi connectivity index (χ0v) is 17.6. The molecule has 1 fully saturated rings. The van der Waals surface area contributed by atoms with Crippen molar-refractivity contribution in [2.24, 2.45) is 5.92 Å². The van der Waals surface area contributed by atoms with E-state index >= 15 is 0 Å². The highest BCUT2D eigenvalue weighted by atomic mass is 32.2. The molecule has 0 atom stereocenters. The molecule has 2 aliphatic rings. The van der Waals surface area contributed by atoms with E-state index in [2.05, 4.69) is 18.2 Å². The first-order valence-electron chi connectivity index (χ1n) is 9.62. The Labute approximate surface area is 170 Å². The van der Waals surface area contributed by atoms with Crippen molar-refractivity contribution in [1.29, 1.82) is 0 Å². The summed E-state index contributed by atoms with van der Waals surface area (Å²) in [5.41, 5.74) is 4.12. The third kappa shape index (κ3) is 4.14. The van der Waals surface area contributed by atoms with Crippen LogP contribution in [0.25, 0.3) is 0 Å². The fraction of sp³-hybridized carbons (Fsp3) is 0.409. The maximum Gasteiger partial charge on any atom is 0.260 e. The van der Waals surface area contributed by atoms with Gasteiger partial charge in [-0.3, -0.25) is 4.79 Å². The molecule has 1 amide bonds. The smallest absolute Gasteiger partial charge is 0.260 e. The molecule has 1 heterocycles. The minimum absolute atomic E-state index is 0.0967. The largest absolute Gasteiger partial charge is 0.319 e. The minimum Gasteiger partial charge on any atom is -0.319 e. The van der Waals surface area contributed by atoms with Crippen molar-refractivity contribution < 1.29 is 4.79 Å². The lowest BCUT2D eigenvalue weighted by Crippen LogP contribution is -2.30. The lowest BCUT2D eigenvalue weighted by Gasteiger charge is -2.23. The van der Waals surface area contributed by atoms with E-state index in [4.69, 9.17) is 0 Å². The molecular weight excluding hydrogens is 372 g/mol. The van der Waals surface area contributed by atoms with E-state index in [9.17, 15) is 4.79 Å². The normalized spacial score (nSPS) is 15.7. The first-order valence-corrected chi connectivity index (χ1v) is 11.8. The number of benzene rings is 2. The molecule has 1 aliphatic carbocycles. The van der Waals surface area contributed by atoms with E-state index in [-0.39, 0.29) is 5.91 Å². The highest BCUT2D eigenvalue weighted by molar-refractivity contribution is 8.00. The van der Waals surface area contributed by atoms with E-state index in [0.717, 1.165) is 35.8 Å². The Morgan fingerprint density at radius 3 is 2.81 bits per heavy atom. The zero-order valence-electron chi connectivity index (χ0n) is 16.0. The van der Waals surface area contributed by atoms with Gasteiger partial charge in [-0.1, -0.05) is 36.9 Å². The topological polar surface area (TPSA) is 23.6 Å². The average molecular weight is 399 g/mol. The fourth-order valence-corrected chi connectivity index (χ4v) is 5.03. The maximum absolute atomic E-state index is 13.3. The predicted octanol–water partition coefficient (Wildman–Crippen LogP) is 5.50. The van der Waals surface area contributed by atoms with Crippen LogP contribution < -0.4 is 9.21 Å². The summed E-state index contributed by atoms with van der Waals surface area (Å²) < 4.78 is 2.05. The predicted molar refractivity (Wildman–Crippen MR) is 118 cm³/mol. The molecule has 0 spiro atoms. The molecule has 0 saturated heterocycles. The van der Waals surface area contributed by atoms with Gasteiger partial charge in [0.05, 0.1) is 11.3 Å². The Morgan fingerprint density at radius 1 is 1.22 bits per heavy atom. The molecule has 4 rings (SSSR count). The lowest BCUT2D eigenvalue weighted by molar-refractivity contribution is 0.0990. The van der Waals surface area contributed by atoms with Gasteiger partial charge in [0.25, 0.3) is 5.91 Å². The molecule has 0 unspecified atom stereocenters. The van der Waals surface area contributed by atoms with Crippen LogP contribution >= 0.6 is 23.7 Å². The zero-order chi connectivity index (χ0) is 18.8. The number of hydrogen-bond donors (Lipinski definition) is 0. The van der Waals surface area contributed by atoms with Crippen LogP contribution in [0.3, 0.4) is 0 Å². The Hall–Kier alpha value is -1.59. The highest BCUT2D eigenvalue weighted by Gasteiger charge is 2.28. The molecule has 142 valence electrons. The van der Waals surface area contributed by atoms with Gasteiger partial charge in [-0.15, -0.1) is 11.8 Å². The van der Waals surface area contributed by atoms with E-state index in [1.165, 1.54) is 35.5 Å². The van der Waals surface area contributed by atoms with Crippen molar-refractivity contribution in [2.75, 3.05) is 34.8 Å². The van der Waals surface area contributed by atoms with Crippen LogP contribution in [0.15, 0.2) is 47.4 Å². The quantitative estimate of drug-likeness (QED) is 0.454. The number of carbonyl (C=O) groups excluding carboxylic acids is 1. The Balaban J connectivity index is 1.51. The van der Waals surface area contributed by atoms with Crippen molar-refractivity contribution in [3.05, 3.63) is 53.6 Å². The van der Waals surface area contributed by atoms with Crippen LogP contribution in [0.1, 0.15) is 35.2 Å². The Morgan fingerprint density at radius 2 is 2.04 bits per heavy atom. The van der Waals surface area contributed by atoms with Gasteiger partial charge >= 0.3 is 0 Å². The maximum atomic E-state index is 13.3. The molecule has 1 aliphatic heterocycles. The monoisotopic (exact) mass is 398 g/mol. The summed E-state index contributed by atoms with van der Waals surface area (Å²) in [4.78, 5) is 16.6. The van der Waals surface area contributed by atoms with Crippen molar-refractivity contribution in [2.45, 2.75) is 30.6 Å². The molecule has 2 aromatic rings. The molecule has 0 radical (unpaired) electrons. The SMILES string of the molecule is CSN(C)c1ccccc1C(=O)N1CCc2cc(SCCC3CC3)ccc21. The van der Waals surface area contributed by atoms with Gasteiger partial charge in [-0.25, -0.2) is 0 Å². The first-order chi connectivity index (χ1) is 13.2. The van der Waals surface area contributed by atoms with Crippen LogP contribution in [0.4, 0.5) is 11.4 Å². The minimum atomic E-state index is 0.0967. The van der Waals surface area contributed by atoms with Crippen LogP contribution in [0.5, 0.6) is 0 Å². The second kappa shape index (κ2) is 8.19. The number of carbonyl (C=O) groups is 1. The summed E-state index contributed by atoms with van der Waals surface area (Å²) in [6.45, 7) is 0.766. The first kappa shape index (κ1) is 18.8. The fourth-order valence-electron chi connectivity index (χ4n) is 3.60. The highest BCUT2D eigenvalue weighted by Crippen LogP contribution is 2.37. The van der Waals surface area contributed by atoms with Gasteiger partial charge in [-0.2, -0.15) is 0 Å². The van der Waals surface area contributed by atoms with Crippen LogP contribution in [-0.4, -0.2) is 31.5 Å². The molecule has 0 bridgehead atoms. The van der Waals surface area contributed by atoms with Crippen molar-refractivity contribution in [3.63, 3.8) is 0 Å². The number of thioether (sulfide) groups is 1. The van der Waals surface area contributed by atoms with Crippen molar-refractivity contribution in [1.82, 2.24) is 0 Å². The van der Waals surface area contributed by atoms with E-state index < -0.39 is 0 Å². The second-order valence-electron chi connectivity index (χ2n) is 7.28. The lowest BCUT2D eigenvalue weighted by atomic mass is 10.1. The molecule has 0 aromatic heterocycles. The number of fused-ring (bicyclic) bond motifs is 1. The molecule has 1 saturated carbocycles. The number of hydrogen-bond acceptors (Lipinski definition) is 4. The standard InChI is InChI=1S/C22H26N2OS2/c1-23(26-2)21-6-4-3-5-19(21)22(25)24-13-11-17-15-18(9-10-20(17)24)27-14-12-16-7-8-16/h3-6,9-10,15-16H,7-8,11-14H2,1-2H3. The van der Waals surface area contributed by atoms with Crippen molar-refractivity contribution >= 4 is 41.0 Å². The third-order valence-corrected chi connectivity index (χ3v) is 7.20. The number of rotatable bonds is 7. The summed E-state index contributed by atoms with van der Waals surface area (Å²) in [6.07, 6.45) is 7.16. The number of amides is 1. The van der Waals surface area contributed by atoms with Gasteiger partial charge < -0.3 is 9.21 Å². The summed E-state index contributed by atoms with van der Waals surface area (Å²) in [5, 5.41) is 0. The van der Waals surface area contributed by atoms with Gasteiger partial charge in [0.2, 0.25) is 0 Å². The average Bonchev–Trinajstić information content (AvgIpc) is 3.43. The molecule has 5 heteroatoms. The molecule has 27 heavy (non-hydrogen) atoms. The van der Waals surface area contributed by atoms with Gasteiger partial charge in [0.15, 0.2) is 0 Å². The number of nitrogens with zero attached hydrogens (tertiary/aromatic N) is 2. The summed E-state index contributed by atoms with van der Waals surface area (Å²) in [6, 6.07) is 14.5. The summed E-state index contributed by atoms with van der Waals surface area (Å²) in [5.74, 6) is 2.29. The van der Waals surface area contributed by atoms with Crippen LogP contribution in [0, 0.1) is 5.92 Å². The van der Waals surface area contributed by atoms with Crippen molar-refractivity contribution in [3.8, 4) is 0 Å². The Bertz CT molecular complexity index is 835. The Kier molecular flexibility index (Phi) is 5.69. The van der Waals surface area contributed by atoms with Gasteiger partial charge in [0, 0.05) is 30.4 Å². The van der Waals surface area contributed by atoms with E-state index in [1.54, 1.807) is 11.9 Å². The second-order valence-corrected chi connectivity index (χ2v) is 9.36. The molecule has 0 N–H and O–H groups in total. The molecular formula is C22H26N2OS2. The third-order valence-electron chi connectivity index (χ3n) is 5.43. The van der Waals surface area contributed by atoms with Crippen LogP contribution in [-0.2, 0) is 6.42 Å².